The number of rotatable bonds is 5. The maximum Gasteiger partial charge on any atom is 0.259 e. The van der Waals surface area contributed by atoms with Gasteiger partial charge in [-0.3, -0.25) is 4.79 Å². The third kappa shape index (κ3) is 4.15. The van der Waals surface area contributed by atoms with Gasteiger partial charge >= 0.3 is 0 Å². The first-order valence-electron chi connectivity index (χ1n) is 5.98. The minimum atomic E-state index is -0.902. The van der Waals surface area contributed by atoms with Crippen molar-refractivity contribution in [3.8, 4) is 11.8 Å². The van der Waals surface area contributed by atoms with Crippen LogP contribution in [-0.4, -0.2) is 18.1 Å². The van der Waals surface area contributed by atoms with Crippen LogP contribution in [0.25, 0.3) is 0 Å². The Morgan fingerprint density at radius 3 is 2.68 bits per heavy atom. The lowest BCUT2D eigenvalue weighted by Gasteiger charge is -2.27. The second-order valence-corrected chi connectivity index (χ2v) is 5.14. The number of hydrogen-bond donors (Lipinski definition) is 1. The Kier molecular flexibility index (Phi) is 5.20. The molecule has 1 aromatic rings. The van der Waals surface area contributed by atoms with Gasteiger partial charge in [0.1, 0.15) is 11.3 Å². The first-order chi connectivity index (χ1) is 8.89. The molecule has 0 saturated heterocycles. The van der Waals surface area contributed by atoms with E-state index in [0.717, 1.165) is 0 Å². The van der Waals surface area contributed by atoms with Gasteiger partial charge in [0.2, 0.25) is 0 Å². The van der Waals surface area contributed by atoms with Gasteiger partial charge in [-0.25, -0.2) is 0 Å². The Morgan fingerprint density at radius 1 is 1.53 bits per heavy atom. The predicted octanol–water partition coefficient (Wildman–Crippen LogP) is 2.77. The van der Waals surface area contributed by atoms with E-state index in [-0.39, 0.29) is 18.4 Å². The van der Waals surface area contributed by atoms with Crippen LogP contribution in [-0.2, 0) is 4.79 Å². The van der Waals surface area contributed by atoms with Crippen molar-refractivity contribution >= 4 is 17.5 Å². The van der Waals surface area contributed by atoms with Crippen LogP contribution in [0.4, 0.5) is 0 Å². The van der Waals surface area contributed by atoms with E-state index < -0.39 is 5.54 Å². The van der Waals surface area contributed by atoms with Gasteiger partial charge in [0, 0.05) is 0 Å². The van der Waals surface area contributed by atoms with Crippen molar-refractivity contribution in [2.75, 3.05) is 6.61 Å². The van der Waals surface area contributed by atoms with Gasteiger partial charge < -0.3 is 10.1 Å². The van der Waals surface area contributed by atoms with Crippen LogP contribution >= 0.6 is 11.6 Å². The van der Waals surface area contributed by atoms with E-state index in [2.05, 4.69) is 11.4 Å². The molecule has 0 fully saturated rings. The molecule has 1 N–H and O–H groups in total. The quantitative estimate of drug-likeness (QED) is 0.902. The number of ether oxygens (including phenoxy) is 1. The van der Waals surface area contributed by atoms with Crippen LogP contribution in [0.15, 0.2) is 24.3 Å². The Bertz CT molecular complexity index is 496. The average molecular weight is 281 g/mol. The Balaban J connectivity index is 2.58. The molecule has 0 spiro atoms. The Hall–Kier alpha value is -1.73. The zero-order chi connectivity index (χ0) is 14.5. The highest BCUT2D eigenvalue weighted by atomic mass is 35.5. The number of nitrogens with one attached hydrogen (secondary N) is 1. The lowest BCUT2D eigenvalue weighted by Crippen LogP contribution is -2.50. The van der Waals surface area contributed by atoms with E-state index in [1.54, 1.807) is 31.2 Å². The summed E-state index contributed by atoms with van der Waals surface area (Å²) in [4.78, 5) is 11.8. The standard InChI is InChI=1S/C14H17ClN2O2/c1-10(2)14(3,9-16)17-13(18)8-19-12-7-5-4-6-11(12)15/h4-7,10H,8H2,1-3H3,(H,17,18)/t14-/m0/s1. The van der Waals surface area contributed by atoms with Crippen LogP contribution in [0.1, 0.15) is 20.8 Å². The summed E-state index contributed by atoms with van der Waals surface area (Å²) in [6.07, 6.45) is 0. The zero-order valence-corrected chi connectivity index (χ0v) is 12.0. The SMILES string of the molecule is CC(C)[C@](C)(C#N)NC(=O)COc1ccccc1Cl. The highest BCUT2D eigenvalue weighted by molar-refractivity contribution is 6.32. The topological polar surface area (TPSA) is 62.1 Å². The van der Waals surface area contributed by atoms with Crippen molar-refractivity contribution in [1.82, 2.24) is 5.32 Å². The summed E-state index contributed by atoms with van der Waals surface area (Å²) in [7, 11) is 0. The third-order valence-electron chi connectivity index (χ3n) is 2.98. The fourth-order valence-corrected chi connectivity index (χ4v) is 1.52. The number of carbonyl (C=O) groups is 1. The molecule has 0 aromatic heterocycles. The fraction of sp³-hybridized carbons (Fsp3) is 0.429. The van der Waals surface area contributed by atoms with Crippen molar-refractivity contribution in [2.45, 2.75) is 26.3 Å². The lowest BCUT2D eigenvalue weighted by molar-refractivity contribution is -0.124. The maximum atomic E-state index is 11.8. The van der Waals surface area contributed by atoms with Gasteiger partial charge in [-0.15, -0.1) is 0 Å². The van der Waals surface area contributed by atoms with Gasteiger partial charge in [0.15, 0.2) is 6.61 Å². The molecule has 1 rings (SSSR count). The smallest absolute Gasteiger partial charge is 0.259 e. The molecule has 0 aliphatic heterocycles. The average Bonchev–Trinajstić information content (AvgIpc) is 2.37. The third-order valence-corrected chi connectivity index (χ3v) is 3.29. The van der Waals surface area contributed by atoms with E-state index in [9.17, 15) is 4.79 Å². The van der Waals surface area contributed by atoms with Crippen LogP contribution in [0.5, 0.6) is 5.75 Å². The van der Waals surface area contributed by atoms with Crippen molar-refractivity contribution in [2.24, 2.45) is 5.92 Å². The molecular formula is C14H17ClN2O2. The van der Waals surface area contributed by atoms with Gasteiger partial charge in [-0.2, -0.15) is 5.26 Å². The summed E-state index contributed by atoms with van der Waals surface area (Å²) in [6.45, 7) is 5.26. The number of nitriles is 1. The molecule has 0 radical (unpaired) electrons. The van der Waals surface area contributed by atoms with Crippen molar-refractivity contribution < 1.29 is 9.53 Å². The largest absolute Gasteiger partial charge is 0.482 e. The molecule has 0 heterocycles. The molecule has 0 bridgehead atoms. The molecule has 5 heteroatoms. The van der Waals surface area contributed by atoms with E-state index in [1.807, 2.05) is 13.8 Å². The van der Waals surface area contributed by atoms with Crippen LogP contribution in [0.2, 0.25) is 5.02 Å². The number of para-hydroxylation sites is 1. The summed E-state index contributed by atoms with van der Waals surface area (Å²) in [6, 6.07) is 9.02. The van der Waals surface area contributed by atoms with Gasteiger partial charge in [-0.05, 0) is 25.0 Å². The predicted molar refractivity (Wildman–Crippen MR) is 73.9 cm³/mol. The number of benzene rings is 1. The number of amides is 1. The number of nitrogens with zero attached hydrogens (tertiary/aromatic N) is 1. The molecule has 0 saturated carbocycles. The van der Waals surface area contributed by atoms with Crippen molar-refractivity contribution in [1.29, 1.82) is 5.26 Å². The zero-order valence-electron chi connectivity index (χ0n) is 11.2. The van der Waals surface area contributed by atoms with Crippen molar-refractivity contribution in [3.63, 3.8) is 0 Å². The summed E-state index contributed by atoms with van der Waals surface area (Å²) in [5.41, 5.74) is -0.902. The summed E-state index contributed by atoms with van der Waals surface area (Å²) >= 11 is 5.91. The minimum absolute atomic E-state index is 0.00163. The van der Waals surface area contributed by atoms with Crippen molar-refractivity contribution in [3.05, 3.63) is 29.3 Å². The molecule has 0 aliphatic carbocycles. The molecule has 1 amide bonds. The van der Waals surface area contributed by atoms with Crippen LogP contribution in [0, 0.1) is 17.2 Å². The molecule has 19 heavy (non-hydrogen) atoms. The summed E-state index contributed by atoms with van der Waals surface area (Å²) in [5.74, 6) is 0.0990. The van der Waals surface area contributed by atoms with Gasteiger partial charge in [0.05, 0.1) is 11.1 Å². The van der Waals surface area contributed by atoms with Crippen LogP contribution < -0.4 is 10.1 Å². The molecule has 0 aliphatic rings. The molecule has 1 aromatic carbocycles. The molecule has 102 valence electrons. The monoisotopic (exact) mass is 280 g/mol. The van der Waals surface area contributed by atoms with E-state index in [4.69, 9.17) is 21.6 Å². The number of hydrogen-bond acceptors (Lipinski definition) is 3. The minimum Gasteiger partial charge on any atom is -0.482 e. The van der Waals surface area contributed by atoms with E-state index >= 15 is 0 Å². The maximum absolute atomic E-state index is 11.8. The Morgan fingerprint density at radius 2 is 2.16 bits per heavy atom. The first kappa shape index (κ1) is 15.3. The lowest BCUT2D eigenvalue weighted by atomic mass is 9.90. The normalized spacial score (nSPS) is 13.5. The van der Waals surface area contributed by atoms with Gasteiger partial charge in [-0.1, -0.05) is 37.6 Å². The first-order valence-corrected chi connectivity index (χ1v) is 6.36. The highest BCUT2D eigenvalue weighted by Gasteiger charge is 2.30. The van der Waals surface area contributed by atoms with E-state index in [0.29, 0.717) is 10.8 Å². The molecular weight excluding hydrogens is 264 g/mol. The number of carbonyl (C=O) groups excluding carboxylic acids is 1. The van der Waals surface area contributed by atoms with Gasteiger partial charge in [0.25, 0.3) is 5.91 Å². The second kappa shape index (κ2) is 6.44. The van der Waals surface area contributed by atoms with E-state index in [1.165, 1.54) is 0 Å². The Labute approximate surface area is 118 Å². The number of halogens is 1. The molecule has 1 atom stereocenters. The molecule has 4 nitrogen and oxygen atoms in total. The second-order valence-electron chi connectivity index (χ2n) is 4.74. The molecule has 0 unspecified atom stereocenters. The highest BCUT2D eigenvalue weighted by Crippen LogP contribution is 2.23. The van der Waals surface area contributed by atoms with Crippen LogP contribution in [0.3, 0.4) is 0 Å². The summed E-state index contributed by atoms with van der Waals surface area (Å²) < 4.78 is 5.32. The summed E-state index contributed by atoms with van der Waals surface area (Å²) in [5, 5.41) is 12.2. The fourth-order valence-electron chi connectivity index (χ4n) is 1.33.